The Morgan fingerprint density at radius 2 is 1.90 bits per heavy atom. The van der Waals surface area contributed by atoms with Gasteiger partial charge in [0.2, 0.25) is 10.0 Å². The van der Waals surface area contributed by atoms with Crippen molar-refractivity contribution in [3.05, 3.63) is 82.0 Å². The number of rotatable bonds is 6. The van der Waals surface area contributed by atoms with E-state index in [4.69, 9.17) is 0 Å². The first-order valence-corrected chi connectivity index (χ1v) is 12.1. The van der Waals surface area contributed by atoms with Crippen LogP contribution >= 0.6 is 11.3 Å². The molecular formula is C22H22N2O3S2. The Hall–Kier alpha value is -2.64. The van der Waals surface area contributed by atoms with Gasteiger partial charge >= 0.3 is 0 Å². The molecule has 0 aliphatic carbocycles. The normalized spacial score (nSPS) is 13.7. The van der Waals surface area contributed by atoms with Gasteiger partial charge in [-0.3, -0.25) is 9.52 Å². The lowest BCUT2D eigenvalue weighted by atomic mass is 10.0. The molecule has 0 bridgehead atoms. The van der Waals surface area contributed by atoms with E-state index in [1.807, 2.05) is 60.0 Å². The molecule has 0 saturated heterocycles. The first-order valence-electron chi connectivity index (χ1n) is 9.54. The molecule has 5 nitrogen and oxygen atoms in total. The van der Waals surface area contributed by atoms with Gasteiger partial charge in [-0.2, -0.15) is 0 Å². The number of sulfonamides is 1. The van der Waals surface area contributed by atoms with E-state index in [9.17, 15) is 13.2 Å². The number of fused-ring (bicyclic) bond motifs is 1. The van der Waals surface area contributed by atoms with Crippen molar-refractivity contribution in [2.24, 2.45) is 0 Å². The molecule has 2 heterocycles. The van der Waals surface area contributed by atoms with Crippen LogP contribution in [0.1, 0.15) is 27.2 Å². The predicted molar refractivity (Wildman–Crippen MR) is 118 cm³/mol. The molecule has 0 spiro atoms. The Labute approximate surface area is 175 Å². The van der Waals surface area contributed by atoms with Gasteiger partial charge in [-0.1, -0.05) is 36.4 Å². The van der Waals surface area contributed by atoms with Gasteiger partial charge in [0.1, 0.15) is 0 Å². The molecule has 1 N–H and O–H groups in total. The van der Waals surface area contributed by atoms with Gasteiger partial charge in [0, 0.05) is 17.9 Å². The number of benzene rings is 2. The van der Waals surface area contributed by atoms with Crippen LogP contribution in [0, 0.1) is 0 Å². The third-order valence-electron chi connectivity index (χ3n) is 4.95. The number of anilines is 2. The van der Waals surface area contributed by atoms with Crippen molar-refractivity contribution in [1.82, 2.24) is 0 Å². The average molecular weight is 427 g/mol. The fourth-order valence-electron chi connectivity index (χ4n) is 3.53. The van der Waals surface area contributed by atoms with Crippen molar-refractivity contribution < 1.29 is 13.2 Å². The van der Waals surface area contributed by atoms with E-state index in [0.717, 1.165) is 29.7 Å². The molecule has 29 heavy (non-hydrogen) atoms. The molecule has 0 atom stereocenters. The molecule has 0 saturated carbocycles. The van der Waals surface area contributed by atoms with Crippen molar-refractivity contribution in [1.29, 1.82) is 0 Å². The van der Waals surface area contributed by atoms with Gasteiger partial charge in [0.15, 0.2) is 0 Å². The van der Waals surface area contributed by atoms with Crippen LogP contribution in [-0.2, 0) is 22.9 Å². The third-order valence-corrected chi connectivity index (χ3v) is 7.10. The maximum Gasteiger partial charge on any atom is 0.268 e. The first kappa shape index (κ1) is 19.7. The summed E-state index contributed by atoms with van der Waals surface area (Å²) in [5.41, 5.74) is 3.39. The zero-order valence-electron chi connectivity index (χ0n) is 15.9. The predicted octanol–water partition coefficient (Wildman–Crippen LogP) is 4.33. The number of thiophene rings is 1. The Morgan fingerprint density at radius 1 is 1.07 bits per heavy atom. The van der Waals surface area contributed by atoms with E-state index in [1.165, 1.54) is 11.3 Å². The summed E-state index contributed by atoms with van der Waals surface area (Å²) in [5.74, 6) is 0.0222. The van der Waals surface area contributed by atoms with E-state index in [1.54, 1.807) is 11.0 Å². The minimum Gasteiger partial charge on any atom is -0.307 e. The zero-order valence-corrected chi connectivity index (χ0v) is 17.5. The van der Waals surface area contributed by atoms with E-state index < -0.39 is 10.0 Å². The Bertz CT molecular complexity index is 1090. The number of carbonyl (C=O) groups is 1. The molecule has 1 aliphatic rings. The van der Waals surface area contributed by atoms with E-state index >= 15 is 0 Å². The Morgan fingerprint density at radius 3 is 2.66 bits per heavy atom. The summed E-state index contributed by atoms with van der Waals surface area (Å²) < 4.78 is 27.7. The van der Waals surface area contributed by atoms with Crippen molar-refractivity contribution in [2.45, 2.75) is 19.3 Å². The molecule has 2 aromatic carbocycles. The fraction of sp³-hybridized carbons (Fsp3) is 0.227. The first-order chi connectivity index (χ1) is 14.0. The molecule has 1 aromatic heterocycles. The number of aryl methyl sites for hydroxylation is 2. The van der Waals surface area contributed by atoms with Crippen molar-refractivity contribution >= 4 is 38.6 Å². The topological polar surface area (TPSA) is 66.5 Å². The number of amides is 1. The van der Waals surface area contributed by atoms with Crippen LogP contribution in [0.2, 0.25) is 0 Å². The molecule has 0 radical (unpaired) electrons. The van der Waals surface area contributed by atoms with Crippen molar-refractivity contribution in [3.63, 3.8) is 0 Å². The standard InChI is InChI=1S/C22H22N2O3S2/c25-22(21-9-5-14-28-21)24-13-4-8-18-16-19(10-11-20(18)24)23-29(26,27)15-12-17-6-2-1-3-7-17/h1-3,5-7,9-11,14,16,23H,4,8,12-13,15H2. The molecule has 0 fully saturated rings. The number of nitrogens with one attached hydrogen (secondary N) is 1. The van der Waals surface area contributed by atoms with Gasteiger partial charge in [-0.15, -0.1) is 11.3 Å². The number of hydrogen-bond acceptors (Lipinski definition) is 4. The van der Waals surface area contributed by atoms with Gasteiger partial charge in [-0.05, 0) is 60.0 Å². The van der Waals surface area contributed by atoms with Crippen molar-refractivity contribution in [2.75, 3.05) is 21.9 Å². The zero-order chi connectivity index (χ0) is 20.3. The smallest absolute Gasteiger partial charge is 0.268 e. The summed E-state index contributed by atoms with van der Waals surface area (Å²) >= 11 is 1.43. The minimum atomic E-state index is -3.45. The van der Waals surface area contributed by atoms with Gasteiger partial charge in [0.05, 0.1) is 10.6 Å². The van der Waals surface area contributed by atoms with Crippen LogP contribution in [0.4, 0.5) is 11.4 Å². The molecule has 150 valence electrons. The maximum absolute atomic E-state index is 12.8. The highest BCUT2D eigenvalue weighted by atomic mass is 32.2. The lowest BCUT2D eigenvalue weighted by molar-refractivity contribution is 0.0989. The second-order valence-corrected chi connectivity index (χ2v) is 9.83. The summed E-state index contributed by atoms with van der Waals surface area (Å²) in [4.78, 5) is 15.3. The Balaban J connectivity index is 1.48. The van der Waals surface area contributed by atoms with Gasteiger partial charge < -0.3 is 4.90 Å². The fourth-order valence-corrected chi connectivity index (χ4v) is 5.30. The average Bonchev–Trinajstić information content (AvgIpc) is 3.27. The highest BCUT2D eigenvalue weighted by molar-refractivity contribution is 7.92. The summed E-state index contributed by atoms with van der Waals surface area (Å²) in [6, 6.07) is 18.7. The molecular weight excluding hydrogens is 404 g/mol. The maximum atomic E-state index is 12.8. The molecule has 3 aromatic rings. The summed E-state index contributed by atoms with van der Waals surface area (Å²) in [5, 5.41) is 1.89. The van der Waals surface area contributed by atoms with Crippen molar-refractivity contribution in [3.8, 4) is 0 Å². The number of nitrogens with zero attached hydrogens (tertiary/aromatic N) is 1. The van der Waals surface area contributed by atoms with Gasteiger partial charge in [-0.25, -0.2) is 8.42 Å². The number of hydrogen-bond donors (Lipinski definition) is 1. The third kappa shape index (κ3) is 4.68. The van der Waals surface area contributed by atoms with Crippen LogP contribution in [0.5, 0.6) is 0 Å². The van der Waals surface area contributed by atoms with Crippen LogP contribution in [-0.4, -0.2) is 26.6 Å². The lowest BCUT2D eigenvalue weighted by Gasteiger charge is -2.29. The quantitative estimate of drug-likeness (QED) is 0.638. The number of carbonyl (C=O) groups excluding carboxylic acids is 1. The van der Waals surface area contributed by atoms with E-state index in [2.05, 4.69) is 4.72 Å². The van der Waals surface area contributed by atoms with Crippen LogP contribution in [0.15, 0.2) is 66.0 Å². The second kappa shape index (κ2) is 8.39. The molecule has 0 unspecified atom stereocenters. The summed E-state index contributed by atoms with van der Waals surface area (Å²) in [6.45, 7) is 0.673. The highest BCUT2D eigenvalue weighted by Crippen LogP contribution is 2.31. The highest BCUT2D eigenvalue weighted by Gasteiger charge is 2.24. The molecule has 7 heteroatoms. The summed E-state index contributed by atoms with van der Waals surface area (Å²) in [7, 11) is -3.45. The largest absolute Gasteiger partial charge is 0.307 e. The Kier molecular flexibility index (Phi) is 5.69. The van der Waals surface area contributed by atoms with Crippen LogP contribution in [0.25, 0.3) is 0 Å². The lowest BCUT2D eigenvalue weighted by Crippen LogP contribution is -2.35. The van der Waals surface area contributed by atoms with Crippen LogP contribution in [0.3, 0.4) is 0 Å². The SMILES string of the molecule is O=C(c1cccs1)N1CCCc2cc(NS(=O)(=O)CCc3ccccc3)ccc21. The monoisotopic (exact) mass is 426 g/mol. The summed E-state index contributed by atoms with van der Waals surface area (Å²) in [6.07, 6.45) is 2.14. The minimum absolute atomic E-state index is 0.00265. The van der Waals surface area contributed by atoms with Crippen LogP contribution < -0.4 is 9.62 Å². The van der Waals surface area contributed by atoms with Gasteiger partial charge in [0.25, 0.3) is 5.91 Å². The molecule has 1 aliphatic heterocycles. The van der Waals surface area contributed by atoms with E-state index in [-0.39, 0.29) is 11.7 Å². The second-order valence-electron chi connectivity index (χ2n) is 7.04. The molecule has 4 rings (SSSR count). The molecule has 1 amide bonds. The van der Waals surface area contributed by atoms with E-state index in [0.29, 0.717) is 23.5 Å².